The highest BCUT2D eigenvalue weighted by Crippen LogP contribution is 2.28. The minimum Gasteiger partial charge on any atom is -0.466 e. The summed E-state index contributed by atoms with van der Waals surface area (Å²) in [5, 5.41) is 0. The van der Waals surface area contributed by atoms with Crippen LogP contribution < -0.4 is 0 Å². The summed E-state index contributed by atoms with van der Waals surface area (Å²) in [4.78, 5) is 14.4. The van der Waals surface area contributed by atoms with Gasteiger partial charge in [-0.3, -0.25) is 9.69 Å². The Morgan fingerprint density at radius 1 is 1.25 bits per heavy atom. The summed E-state index contributed by atoms with van der Waals surface area (Å²) in [7, 11) is 0. The van der Waals surface area contributed by atoms with Gasteiger partial charge in [-0.25, -0.2) is 0 Å². The van der Waals surface area contributed by atoms with E-state index in [2.05, 4.69) is 11.8 Å². The largest absolute Gasteiger partial charge is 0.466 e. The molecule has 0 aromatic heterocycles. The van der Waals surface area contributed by atoms with E-state index in [-0.39, 0.29) is 18.1 Å². The molecule has 0 spiro atoms. The number of carbonyl (C=O) groups excluding carboxylic acids is 1. The minimum atomic E-state index is -0.0788. The van der Waals surface area contributed by atoms with Crippen molar-refractivity contribution in [3.05, 3.63) is 0 Å². The number of carbonyl (C=O) groups is 1. The van der Waals surface area contributed by atoms with E-state index in [0.717, 1.165) is 25.9 Å². The topological polar surface area (TPSA) is 38.8 Å². The third-order valence-corrected chi connectivity index (χ3v) is 4.48. The van der Waals surface area contributed by atoms with Crippen molar-refractivity contribution in [2.45, 2.75) is 77.0 Å². The molecule has 116 valence electrons. The number of hydrogen-bond acceptors (Lipinski definition) is 4. The normalized spacial score (nSPS) is 29.9. The van der Waals surface area contributed by atoms with E-state index in [1.54, 1.807) is 0 Å². The van der Waals surface area contributed by atoms with Crippen LogP contribution in [0.4, 0.5) is 0 Å². The highest BCUT2D eigenvalue weighted by atomic mass is 16.5. The zero-order chi connectivity index (χ0) is 14.4. The van der Waals surface area contributed by atoms with Crippen LogP contribution in [0.25, 0.3) is 0 Å². The Balaban J connectivity index is 1.99. The number of hydrogen-bond donors (Lipinski definition) is 0. The van der Waals surface area contributed by atoms with Gasteiger partial charge in [0.05, 0.1) is 25.2 Å². The van der Waals surface area contributed by atoms with Crippen molar-refractivity contribution in [1.82, 2.24) is 4.90 Å². The van der Waals surface area contributed by atoms with Gasteiger partial charge in [0.25, 0.3) is 0 Å². The maximum Gasteiger partial charge on any atom is 0.307 e. The summed E-state index contributed by atoms with van der Waals surface area (Å²) in [5.41, 5.74) is 0. The molecule has 0 bridgehead atoms. The minimum absolute atomic E-state index is 0.0788. The molecular weight excluding hydrogens is 254 g/mol. The van der Waals surface area contributed by atoms with Crippen LogP contribution >= 0.6 is 0 Å². The molecule has 2 heterocycles. The number of ether oxygens (including phenoxy) is 2. The van der Waals surface area contributed by atoms with Gasteiger partial charge in [0.15, 0.2) is 0 Å². The Bertz CT molecular complexity index is 300. The standard InChI is InChI=1S/C16H29NO3/c1-3-19-16(18)12-14(15-9-8-13(2)20-15)17-10-6-4-5-7-11-17/h13-15H,3-12H2,1-2H3. The predicted octanol–water partition coefficient (Wildman–Crippen LogP) is 2.75. The molecule has 20 heavy (non-hydrogen) atoms. The van der Waals surface area contributed by atoms with Gasteiger partial charge in [-0.2, -0.15) is 0 Å². The fourth-order valence-corrected chi connectivity index (χ4v) is 3.43. The molecular formula is C16H29NO3. The zero-order valence-corrected chi connectivity index (χ0v) is 13.0. The average Bonchev–Trinajstić information content (AvgIpc) is 2.69. The van der Waals surface area contributed by atoms with Crippen LogP contribution in [0.2, 0.25) is 0 Å². The van der Waals surface area contributed by atoms with E-state index in [9.17, 15) is 4.79 Å². The summed E-state index contributed by atoms with van der Waals surface area (Å²) in [6.07, 6.45) is 8.28. The number of likely N-dealkylation sites (tertiary alicyclic amines) is 1. The third-order valence-electron chi connectivity index (χ3n) is 4.48. The number of esters is 1. The highest BCUT2D eigenvalue weighted by molar-refractivity contribution is 5.70. The van der Waals surface area contributed by atoms with Crippen molar-refractivity contribution in [1.29, 1.82) is 0 Å². The van der Waals surface area contributed by atoms with Crippen LogP contribution in [0.3, 0.4) is 0 Å². The van der Waals surface area contributed by atoms with Crippen LogP contribution in [-0.2, 0) is 14.3 Å². The molecule has 0 radical (unpaired) electrons. The Morgan fingerprint density at radius 2 is 1.95 bits per heavy atom. The van der Waals surface area contributed by atoms with Gasteiger partial charge < -0.3 is 9.47 Å². The van der Waals surface area contributed by atoms with Crippen molar-refractivity contribution in [3.8, 4) is 0 Å². The summed E-state index contributed by atoms with van der Waals surface area (Å²) in [5.74, 6) is -0.0788. The van der Waals surface area contributed by atoms with Gasteiger partial charge in [-0.1, -0.05) is 12.8 Å². The maximum atomic E-state index is 11.9. The van der Waals surface area contributed by atoms with Crippen LogP contribution in [-0.4, -0.2) is 48.8 Å². The molecule has 3 atom stereocenters. The average molecular weight is 283 g/mol. The lowest BCUT2D eigenvalue weighted by molar-refractivity contribution is -0.146. The number of rotatable bonds is 5. The molecule has 2 aliphatic rings. The smallest absolute Gasteiger partial charge is 0.307 e. The SMILES string of the molecule is CCOC(=O)CC(C1CCC(C)O1)N1CCCCCC1. The van der Waals surface area contributed by atoms with Gasteiger partial charge >= 0.3 is 5.97 Å². The fraction of sp³-hybridized carbons (Fsp3) is 0.938. The van der Waals surface area contributed by atoms with E-state index < -0.39 is 0 Å². The molecule has 0 N–H and O–H groups in total. The first-order valence-electron chi connectivity index (χ1n) is 8.26. The molecule has 0 saturated carbocycles. The molecule has 2 aliphatic heterocycles. The first-order valence-corrected chi connectivity index (χ1v) is 8.26. The van der Waals surface area contributed by atoms with E-state index >= 15 is 0 Å². The van der Waals surface area contributed by atoms with Crippen molar-refractivity contribution in [2.24, 2.45) is 0 Å². The first kappa shape index (κ1) is 15.8. The molecule has 4 nitrogen and oxygen atoms in total. The fourth-order valence-electron chi connectivity index (χ4n) is 3.43. The van der Waals surface area contributed by atoms with Crippen LogP contribution in [0.5, 0.6) is 0 Å². The molecule has 2 rings (SSSR count). The van der Waals surface area contributed by atoms with Crippen molar-refractivity contribution >= 4 is 5.97 Å². The number of nitrogens with zero attached hydrogens (tertiary/aromatic N) is 1. The summed E-state index contributed by atoms with van der Waals surface area (Å²) in [6.45, 7) is 6.65. The predicted molar refractivity (Wildman–Crippen MR) is 78.6 cm³/mol. The Hall–Kier alpha value is -0.610. The zero-order valence-electron chi connectivity index (χ0n) is 13.0. The van der Waals surface area contributed by atoms with Gasteiger partial charge in [-0.05, 0) is 52.6 Å². The second-order valence-corrected chi connectivity index (χ2v) is 6.09. The maximum absolute atomic E-state index is 11.9. The second kappa shape index (κ2) is 7.99. The van der Waals surface area contributed by atoms with Gasteiger partial charge in [0.1, 0.15) is 0 Å². The van der Waals surface area contributed by atoms with Crippen molar-refractivity contribution < 1.29 is 14.3 Å². The molecule has 0 aromatic carbocycles. The van der Waals surface area contributed by atoms with Gasteiger partial charge in [0, 0.05) is 6.04 Å². The molecule has 0 aromatic rings. The highest BCUT2D eigenvalue weighted by Gasteiger charge is 2.35. The Morgan fingerprint density at radius 3 is 2.50 bits per heavy atom. The molecule has 2 fully saturated rings. The molecule has 3 unspecified atom stereocenters. The monoisotopic (exact) mass is 283 g/mol. The van der Waals surface area contributed by atoms with E-state index in [1.807, 2.05) is 6.92 Å². The lowest BCUT2D eigenvalue weighted by Crippen LogP contribution is -2.45. The lowest BCUT2D eigenvalue weighted by atomic mass is 10.0. The summed E-state index contributed by atoms with van der Waals surface area (Å²) < 4.78 is 11.2. The Kier molecular flexibility index (Phi) is 6.30. The summed E-state index contributed by atoms with van der Waals surface area (Å²) >= 11 is 0. The van der Waals surface area contributed by atoms with Crippen molar-refractivity contribution in [3.63, 3.8) is 0 Å². The first-order chi connectivity index (χ1) is 9.70. The Labute approximate surface area is 122 Å². The quantitative estimate of drug-likeness (QED) is 0.727. The third kappa shape index (κ3) is 4.45. The van der Waals surface area contributed by atoms with Crippen LogP contribution in [0.1, 0.15) is 58.8 Å². The molecule has 0 aliphatic carbocycles. The van der Waals surface area contributed by atoms with Gasteiger partial charge in [0.2, 0.25) is 0 Å². The molecule has 2 saturated heterocycles. The van der Waals surface area contributed by atoms with Gasteiger partial charge in [-0.15, -0.1) is 0 Å². The van der Waals surface area contributed by atoms with Crippen LogP contribution in [0.15, 0.2) is 0 Å². The van der Waals surface area contributed by atoms with E-state index in [4.69, 9.17) is 9.47 Å². The summed E-state index contributed by atoms with van der Waals surface area (Å²) in [6, 6.07) is 0.206. The second-order valence-electron chi connectivity index (χ2n) is 6.09. The van der Waals surface area contributed by atoms with Crippen molar-refractivity contribution in [2.75, 3.05) is 19.7 Å². The lowest BCUT2D eigenvalue weighted by Gasteiger charge is -2.34. The van der Waals surface area contributed by atoms with Crippen LogP contribution in [0, 0.1) is 0 Å². The van der Waals surface area contributed by atoms with E-state index in [1.165, 1.54) is 25.7 Å². The molecule has 0 amide bonds. The van der Waals surface area contributed by atoms with E-state index in [0.29, 0.717) is 19.1 Å². The molecule has 4 heteroatoms.